The highest BCUT2D eigenvalue weighted by atomic mass is 35.5. The van der Waals surface area contributed by atoms with Crippen LogP contribution in [0.2, 0.25) is 5.02 Å². The first-order chi connectivity index (χ1) is 9.86. The van der Waals surface area contributed by atoms with Gasteiger partial charge < -0.3 is 4.52 Å². The Morgan fingerprint density at radius 1 is 1.38 bits per heavy atom. The van der Waals surface area contributed by atoms with E-state index in [4.69, 9.17) is 16.1 Å². The number of aromatic nitrogens is 1. The number of amides is 1. The molecular weight excluding hydrogens is 290 g/mol. The number of nitrogens with one attached hydrogen (secondary N) is 1. The first-order valence-electron chi connectivity index (χ1n) is 6.42. The van der Waals surface area contributed by atoms with E-state index in [1.807, 2.05) is 26.8 Å². The summed E-state index contributed by atoms with van der Waals surface area (Å²) in [6.45, 7) is 5.94. The first kappa shape index (κ1) is 15.3. The van der Waals surface area contributed by atoms with Gasteiger partial charge >= 0.3 is 0 Å². The van der Waals surface area contributed by atoms with Crippen LogP contribution in [0, 0.1) is 0 Å². The Hall–Kier alpha value is -2.14. The van der Waals surface area contributed by atoms with Gasteiger partial charge in [-0.1, -0.05) is 49.7 Å². The molecule has 2 rings (SSSR count). The van der Waals surface area contributed by atoms with Crippen LogP contribution >= 0.6 is 11.6 Å². The second kappa shape index (κ2) is 6.10. The average Bonchev–Trinajstić information content (AvgIpc) is 2.88. The van der Waals surface area contributed by atoms with E-state index < -0.39 is 5.91 Å². The lowest BCUT2D eigenvalue weighted by Crippen LogP contribution is -2.18. The Labute approximate surface area is 128 Å². The van der Waals surface area contributed by atoms with Crippen molar-refractivity contribution in [2.75, 3.05) is 0 Å². The number of carbonyl (C=O) groups is 1. The van der Waals surface area contributed by atoms with Crippen molar-refractivity contribution in [3.05, 3.63) is 52.4 Å². The van der Waals surface area contributed by atoms with Gasteiger partial charge in [0.25, 0.3) is 5.91 Å². The largest absolute Gasteiger partial charge is 0.360 e. The molecule has 0 aliphatic rings. The van der Waals surface area contributed by atoms with Crippen molar-refractivity contribution in [2.45, 2.75) is 26.2 Å². The highest BCUT2D eigenvalue weighted by Gasteiger charge is 2.21. The predicted octanol–water partition coefficient (Wildman–Crippen LogP) is 3.39. The number of hydrogen-bond acceptors (Lipinski definition) is 4. The normalized spacial score (nSPS) is 11.8. The van der Waals surface area contributed by atoms with Crippen molar-refractivity contribution in [1.82, 2.24) is 10.6 Å². The van der Waals surface area contributed by atoms with Crippen molar-refractivity contribution in [2.24, 2.45) is 5.10 Å². The maximum absolute atomic E-state index is 11.9. The van der Waals surface area contributed by atoms with Gasteiger partial charge in [-0.3, -0.25) is 4.79 Å². The number of rotatable bonds is 3. The lowest BCUT2D eigenvalue weighted by Gasteiger charge is -2.11. The van der Waals surface area contributed by atoms with Crippen LogP contribution in [-0.4, -0.2) is 17.3 Å². The molecule has 0 saturated carbocycles. The molecule has 0 atom stereocenters. The minimum Gasteiger partial charge on any atom is -0.360 e. The van der Waals surface area contributed by atoms with Crippen molar-refractivity contribution < 1.29 is 9.32 Å². The quantitative estimate of drug-likeness (QED) is 0.698. The molecule has 1 amide bonds. The minimum atomic E-state index is -0.424. The molecule has 0 fully saturated rings. The van der Waals surface area contributed by atoms with Crippen molar-refractivity contribution in [3.63, 3.8) is 0 Å². The summed E-state index contributed by atoms with van der Waals surface area (Å²) in [5.74, 6) is 0.221. The molecule has 1 heterocycles. The van der Waals surface area contributed by atoms with E-state index >= 15 is 0 Å². The van der Waals surface area contributed by atoms with E-state index in [1.54, 1.807) is 24.3 Å². The fourth-order valence-electron chi connectivity index (χ4n) is 1.55. The maximum Gasteiger partial charge on any atom is 0.293 e. The number of hydrazone groups is 1. The molecule has 0 saturated heterocycles. The van der Waals surface area contributed by atoms with Gasteiger partial charge in [-0.25, -0.2) is 5.43 Å². The molecule has 0 aliphatic carbocycles. The Morgan fingerprint density at radius 3 is 2.76 bits per heavy atom. The standard InChI is InChI=1S/C15H16ClN3O2/c1-15(2,3)13-8-12(19-21-13)14(20)18-17-9-10-5-4-6-11(16)7-10/h4-9H,1-3H3,(H,18,20)/b17-9+. The number of benzene rings is 1. The second-order valence-corrected chi connectivity index (χ2v) is 6.02. The third-order valence-electron chi connectivity index (χ3n) is 2.71. The van der Waals surface area contributed by atoms with E-state index in [2.05, 4.69) is 15.7 Å². The van der Waals surface area contributed by atoms with Gasteiger partial charge in [-0.15, -0.1) is 0 Å². The zero-order valence-electron chi connectivity index (χ0n) is 12.1. The van der Waals surface area contributed by atoms with Gasteiger partial charge in [0, 0.05) is 16.5 Å². The third-order valence-corrected chi connectivity index (χ3v) is 2.95. The predicted molar refractivity (Wildman–Crippen MR) is 81.7 cm³/mol. The van der Waals surface area contributed by atoms with Gasteiger partial charge in [0.1, 0.15) is 5.76 Å². The Kier molecular flexibility index (Phi) is 4.43. The Morgan fingerprint density at radius 2 is 2.14 bits per heavy atom. The van der Waals surface area contributed by atoms with Gasteiger partial charge in [0.2, 0.25) is 0 Å². The van der Waals surface area contributed by atoms with Crippen LogP contribution in [0.3, 0.4) is 0 Å². The van der Waals surface area contributed by atoms with Crippen LogP contribution in [0.4, 0.5) is 0 Å². The van der Waals surface area contributed by atoms with E-state index in [0.717, 1.165) is 5.56 Å². The average molecular weight is 306 g/mol. The number of nitrogens with zero attached hydrogens (tertiary/aromatic N) is 2. The molecule has 5 nitrogen and oxygen atoms in total. The first-order valence-corrected chi connectivity index (χ1v) is 6.80. The molecule has 1 aromatic carbocycles. The highest BCUT2D eigenvalue weighted by molar-refractivity contribution is 6.30. The van der Waals surface area contributed by atoms with Crippen LogP contribution in [0.15, 0.2) is 40.0 Å². The molecule has 0 bridgehead atoms. The van der Waals surface area contributed by atoms with Gasteiger partial charge in [-0.05, 0) is 17.7 Å². The van der Waals surface area contributed by atoms with Crippen LogP contribution in [-0.2, 0) is 5.41 Å². The molecule has 6 heteroatoms. The van der Waals surface area contributed by atoms with Crippen molar-refractivity contribution >= 4 is 23.7 Å². The molecule has 0 spiro atoms. The molecule has 0 aliphatic heterocycles. The SMILES string of the molecule is CC(C)(C)c1cc(C(=O)N/N=C/c2cccc(Cl)c2)no1. The topological polar surface area (TPSA) is 67.5 Å². The molecule has 1 aromatic heterocycles. The van der Waals surface area contributed by atoms with Crippen LogP contribution in [0.25, 0.3) is 0 Å². The molecule has 2 aromatic rings. The molecular formula is C15H16ClN3O2. The lowest BCUT2D eigenvalue weighted by atomic mass is 9.93. The van der Waals surface area contributed by atoms with Gasteiger partial charge in [0.05, 0.1) is 6.21 Å². The van der Waals surface area contributed by atoms with Crippen molar-refractivity contribution in [1.29, 1.82) is 0 Å². The van der Waals surface area contributed by atoms with Crippen LogP contribution < -0.4 is 5.43 Å². The van der Waals surface area contributed by atoms with Crippen LogP contribution in [0.5, 0.6) is 0 Å². The summed E-state index contributed by atoms with van der Waals surface area (Å²) in [5.41, 5.74) is 3.19. The second-order valence-electron chi connectivity index (χ2n) is 5.58. The summed E-state index contributed by atoms with van der Waals surface area (Å²) in [5, 5.41) is 8.21. The number of hydrogen-bond donors (Lipinski definition) is 1. The summed E-state index contributed by atoms with van der Waals surface area (Å²) in [6.07, 6.45) is 1.51. The summed E-state index contributed by atoms with van der Waals surface area (Å²) in [4.78, 5) is 11.9. The summed E-state index contributed by atoms with van der Waals surface area (Å²) in [7, 11) is 0. The minimum absolute atomic E-state index is 0.197. The lowest BCUT2D eigenvalue weighted by molar-refractivity contribution is 0.0946. The van der Waals surface area contributed by atoms with Crippen molar-refractivity contribution in [3.8, 4) is 0 Å². The monoisotopic (exact) mass is 305 g/mol. The fraction of sp³-hybridized carbons (Fsp3) is 0.267. The number of carbonyl (C=O) groups excluding carboxylic acids is 1. The fourth-order valence-corrected chi connectivity index (χ4v) is 1.74. The van der Waals surface area contributed by atoms with E-state index in [1.165, 1.54) is 6.21 Å². The molecule has 0 radical (unpaired) electrons. The zero-order chi connectivity index (χ0) is 15.5. The van der Waals surface area contributed by atoms with E-state index in [0.29, 0.717) is 10.8 Å². The smallest absolute Gasteiger partial charge is 0.293 e. The van der Waals surface area contributed by atoms with E-state index in [9.17, 15) is 4.79 Å². The maximum atomic E-state index is 11.9. The third kappa shape index (κ3) is 4.16. The highest BCUT2D eigenvalue weighted by Crippen LogP contribution is 2.22. The molecule has 0 unspecified atom stereocenters. The molecule has 110 valence electrons. The van der Waals surface area contributed by atoms with Gasteiger partial charge in [-0.2, -0.15) is 5.10 Å². The number of halogens is 1. The Balaban J connectivity index is 2.00. The Bertz CT molecular complexity index is 672. The molecule has 1 N–H and O–H groups in total. The van der Waals surface area contributed by atoms with Gasteiger partial charge in [0.15, 0.2) is 5.69 Å². The zero-order valence-corrected chi connectivity index (χ0v) is 12.8. The summed E-state index contributed by atoms with van der Waals surface area (Å²) < 4.78 is 5.15. The van der Waals surface area contributed by atoms with Crippen LogP contribution in [0.1, 0.15) is 42.6 Å². The summed E-state index contributed by atoms with van der Waals surface area (Å²) >= 11 is 5.86. The van der Waals surface area contributed by atoms with E-state index in [-0.39, 0.29) is 11.1 Å². The summed E-state index contributed by atoms with van der Waals surface area (Å²) in [6, 6.07) is 8.75. The molecule has 21 heavy (non-hydrogen) atoms.